The van der Waals surface area contributed by atoms with Gasteiger partial charge in [0.2, 0.25) is 5.91 Å². The standard InChI is InChI=1S/C20H25BrN4O2/c1-22-20(23-13-11-15-3-9-18(27-2)10-4-15)24-14-12-19(26)25-17-7-5-16(21)6-8-17/h3-10H,11-14H2,1-2H3,(H,25,26)(H2,22,23,24). The molecule has 27 heavy (non-hydrogen) atoms. The molecule has 0 aromatic heterocycles. The van der Waals surface area contributed by atoms with E-state index < -0.39 is 0 Å². The van der Waals surface area contributed by atoms with Crippen LogP contribution in [0.2, 0.25) is 0 Å². The van der Waals surface area contributed by atoms with Gasteiger partial charge in [0.15, 0.2) is 5.96 Å². The fourth-order valence-electron chi connectivity index (χ4n) is 2.39. The zero-order valence-corrected chi connectivity index (χ0v) is 17.2. The van der Waals surface area contributed by atoms with E-state index in [2.05, 4.69) is 36.9 Å². The second kappa shape index (κ2) is 11.2. The van der Waals surface area contributed by atoms with E-state index in [1.54, 1.807) is 14.2 Å². The minimum atomic E-state index is -0.0430. The van der Waals surface area contributed by atoms with Gasteiger partial charge in [0, 0.05) is 36.7 Å². The second-order valence-electron chi connectivity index (χ2n) is 5.83. The summed E-state index contributed by atoms with van der Waals surface area (Å²) in [5.74, 6) is 1.49. The number of ether oxygens (including phenoxy) is 1. The molecule has 144 valence electrons. The summed E-state index contributed by atoms with van der Waals surface area (Å²) in [6, 6.07) is 15.5. The third-order valence-electron chi connectivity index (χ3n) is 3.86. The van der Waals surface area contributed by atoms with Crippen LogP contribution in [0.4, 0.5) is 5.69 Å². The zero-order chi connectivity index (χ0) is 19.5. The summed E-state index contributed by atoms with van der Waals surface area (Å²) >= 11 is 3.37. The van der Waals surface area contributed by atoms with Crippen molar-refractivity contribution < 1.29 is 9.53 Å². The van der Waals surface area contributed by atoms with Gasteiger partial charge in [-0.3, -0.25) is 9.79 Å². The van der Waals surface area contributed by atoms with E-state index in [1.165, 1.54) is 5.56 Å². The molecule has 2 aromatic carbocycles. The molecule has 0 unspecified atom stereocenters. The molecule has 0 saturated carbocycles. The van der Waals surface area contributed by atoms with Crippen LogP contribution in [-0.2, 0) is 11.2 Å². The number of nitrogens with zero attached hydrogens (tertiary/aromatic N) is 1. The van der Waals surface area contributed by atoms with Gasteiger partial charge in [-0.1, -0.05) is 28.1 Å². The molecule has 6 nitrogen and oxygen atoms in total. The van der Waals surface area contributed by atoms with E-state index in [0.717, 1.165) is 28.9 Å². The maximum atomic E-state index is 12.0. The first kappa shape index (κ1) is 20.8. The summed E-state index contributed by atoms with van der Waals surface area (Å²) < 4.78 is 6.13. The summed E-state index contributed by atoms with van der Waals surface area (Å²) in [5.41, 5.74) is 2.00. The number of hydrogen-bond donors (Lipinski definition) is 3. The molecule has 0 radical (unpaired) electrons. The van der Waals surface area contributed by atoms with Gasteiger partial charge in [-0.25, -0.2) is 0 Å². The van der Waals surface area contributed by atoms with Crippen molar-refractivity contribution in [1.82, 2.24) is 10.6 Å². The van der Waals surface area contributed by atoms with Crippen LogP contribution >= 0.6 is 15.9 Å². The Labute approximate surface area is 168 Å². The SMILES string of the molecule is CN=C(NCCC(=O)Nc1ccc(Br)cc1)NCCc1ccc(OC)cc1. The van der Waals surface area contributed by atoms with Crippen LogP contribution < -0.4 is 20.7 Å². The molecule has 2 aromatic rings. The van der Waals surface area contributed by atoms with Crippen LogP contribution in [0.15, 0.2) is 58.0 Å². The third-order valence-corrected chi connectivity index (χ3v) is 4.39. The highest BCUT2D eigenvalue weighted by atomic mass is 79.9. The highest BCUT2D eigenvalue weighted by Gasteiger charge is 2.04. The van der Waals surface area contributed by atoms with Crippen LogP contribution in [0, 0.1) is 0 Å². The minimum absolute atomic E-state index is 0.0430. The molecular weight excluding hydrogens is 408 g/mol. The second-order valence-corrected chi connectivity index (χ2v) is 6.74. The highest BCUT2D eigenvalue weighted by molar-refractivity contribution is 9.10. The van der Waals surface area contributed by atoms with Gasteiger partial charge in [0.05, 0.1) is 7.11 Å². The molecule has 0 aliphatic heterocycles. The van der Waals surface area contributed by atoms with Crippen LogP contribution in [0.25, 0.3) is 0 Å². The Morgan fingerprint density at radius 1 is 1.04 bits per heavy atom. The van der Waals surface area contributed by atoms with Crippen molar-refractivity contribution in [2.45, 2.75) is 12.8 Å². The Balaban J connectivity index is 1.65. The monoisotopic (exact) mass is 432 g/mol. The molecule has 7 heteroatoms. The van der Waals surface area contributed by atoms with Crippen molar-refractivity contribution in [3.05, 3.63) is 58.6 Å². The molecule has 0 heterocycles. The maximum absolute atomic E-state index is 12.0. The molecule has 2 rings (SSSR count). The van der Waals surface area contributed by atoms with E-state index in [9.17, 15) is 4.79 Å². The van der Waals surface area contributed by atoms with Crippen molar-refractivity contribution >= 4 is 33.5 Å². The molecule has 0 spiro atoms. The first-order valence-corrected chi connectivity index (χ1v) is 9.53. The number of guanidine groups is 1. The van der Waals surface area contributed by atoms with Gasteiger partial charge in [0.1, 0.15) is 5.75 Å². The summed E-state index contributed by atoms with van der Waals surface area (Å²) in [7, 11) is 3.37. The summed E-state index contributed by atoms with van der Waals surface area (Å²) in [6.45, 7) is 1.25. The summed E-state index contributed by atoms with van der Waals surface area (Å²) in [4.78, 5) is 16.2. The lowest BCUT2D eigenvalue weighted by molar-refractivity contribution is -0.116. The van der Waals surface area contributed by atoms with Crippen molar-refractivity contribution in [3.8, 4) is 5.75 Å². The molecule has 0 aliphatic rings. The fraction of sp³-hybridized carbons (Fsp3) is 0.300. The lowest BCUT2D eigenvalue weighted by Crippen LogP contribution is -2.39. The van der Waals surface area contributed by atoms with Crippen LogP contribution in [0.1, 0.15) is 12.0 Å². The molecule has 0 bridgehead atoms. The van der Waals surface area contributed by atoms with Crippen LogP contribution in [0.5, 0.6) is 5.75 Å². The first-order chi connectivity index (χ1) is 13.1. The molecule has 0 aliphatic carbocycles. The maximum Gasteiger partial charge on any atom is 0.226 e. The molecule has 3 N–H and O–H groups in total. The highest BCUT2D eigenvalue weighted by Crippen LogP contribution is 2.14. The van der Waals surface area contributed by atoms with Crippen molar-refractivity contribution in [2.75, 3.05) is 32.6 Å². The number of halogens is 1. The van der Waals surface area contributed by atoms with Gasteiger partial charge >= 0.3 is 0 Å². The molecule has 1 amide bonds. The van der Waals surface area contributed by atoms with Crippen molar-refractivity contribution in [2.24, 2.45) is 4.99 Å². The average Bonchev–Trinajstić information content (AvgIpc) is 2.69. The predicted molar refractivity (Wildman–Crippen MR) is 113 cm³/mol. The largest absolute Gasteiger partial charge is 0.497 e. The Morgan fingerprint density at radius 3 is 2.33 bits per heavy atom. The lowest BCUT2D eigenvalue weighted by atomic mass is 10.1. The number of nitrogens with one attached hydrogen (secondary N) is 3. The van der Waals surface area contributed by atoms with Gasteiger partial charge < -0.3 is 20.7 Å². The topological polar surface area (TPSA) is 74.8 Å². The van der Waals surface area contributed by atoms with E-state index in [4.69, 9.17) is 4.74 Å². The summed E-state index contributed by atoms with van der Waals surface area (Å²) in [6.07, 6.45) is 1.23. The number of hydrogen-bond acceptors (Lipinski definition) is 3. The minimum Gasteiger partial charge on any atom is -0.497 e. The lowest BCUT2D eigenvalue weighted by Gasteiger charge is -2.12. The number of rotatable bonds is 8. The number of aliphatic imine (C=N–C) groups is 1. The number of carbonyl (C=O) groups excluding carboxylic acids is 1. The Hall–Kier alpha value is -2.54. The van der Waals surface area contributed by atoms with E-state index in [-0.39, 0.29) is 5.91 Å². The van der Waals surface area contributed by atoms with E-state index >= 15 is 0 Å². The first-order valence-electron chi connectivity index (χ1n) is 8.73. The van der Waals surface area contributed by atoms with Crippen molar-refractivity contribution in [3.63, 3.8) is 0 Å². The van der Waals surface area contributed by atoms with Crippen molar-refractivity contribution in [1.29, 1.82) is 0 Å². The quantitative estimate of drug-likeness (QED) is 0.442. The third kappa shape index (κ3) is 7.70. The van der Waals surface area contributed by atoms with Crippen LogP contribution in [-0.4, -0.2) is 39.1 Å². The average molecular weight is 433 g/mol. The van der Waals surface area contributed by atoms with Gasteiger partial charge in [-0.15, -0.1) is 0 Å². The molecule has 0 saturated heterocycles. The smallest absolute Gasteiger partial charge is 0.226 e. The van der Waals surface area contributed by atoms with Gasteiger partial charge in [0.25, 0.3) is 0 Å². The number of methoxy groups -OCH3 is 1. The van der Waals surface area contributed by atoms with E-state index in [0.29, 0.717) is 18.9 Å². The number of amides is 1. The number of anilines is 1. The predicted octanol–water partition coefficient (Wildman–Crippen LogP) is 3.19. The number of benzene rings is 2. The fourth-order valence-corrected chi connectivity index (χ4v) is 2.65. The summed E-state index contributed by atoms with van der Waals surface area (Å²) in [5, 5.41) is 9.26. The van der Waals surface area contributed by atoms with Gasteiger partial charge in [-0.05, 0) is 48.4 Å². The Morgan fingerprint density at radius 2 is 1.70 bits per heavy atom. The van der Waals surface area contributed by atoms with Gasteiger partial charge in [-0.2, -0.15) is 0 Å². The zero-order valence-electron chi connectivity index (χ0n) is 15.6. The van der Waals surface area contributed by atoms with E-state index in [1.807, 2.05) is 48.5 Å². The normalized spacial score (nSPS) is 11.0. The Kier molecular flexibility index (Phi) is 8.64. The molecule has 0 atom stereocenters. The Bertz CT molecular complexity index is 746. The van der Waals surface area contributed by atoms with Crippen LogP contribution in [0.3, 0.4) is 0 Å². The number of carbonyl (C=O) groups is 1. The molecular formula is C20H25BrN4O2. The molecule has 0 fully saturated rings.